The van der Waals surface area contributed by atoms with Gasteiger partial charge in [-0.3, -0.25) is 14.5 Å². The van der Waals surface area contributed by atoms with Gasteiger partial charge < -0.3 is 9.47 Å². The maximum absolute atomic E-state index is 12.7. The van der Waals surface area contributed by atoms with E-state index in [1.807, 2.05) is 19.9 Å². The molecule has 0 bridgehead atoms. The van der Waals surface area contributed by atoms with E-state index in [1.54, 1.807) is 38.1 Å². The maximum atomic E-state index is 12.7. The Labute approximate surface area is 159 Å². The van der Waals surface area contributed by atoms with Crippen molar-refractivity contribution in [2.45, 2.75) is 58.5 Å². The minimum absolute atomic E-state index is 0.126. The van der Waals surface area contributed by atoms with Crippen LogP contribution in [0.3, 0.4) is 0 Å². The smallest absolute Gasteiger partial charge is 0.338 e. The zero-order chi connectivity index (χ0) is 19.8. The third-order valence-corrected chi connectivity index (χ3v) is 5.61. The van der Waals surface area contributed by atoms with Gasteiger partial charge in [0.2, 0.25) is 5.91 Å². The van der Waals surface area contributed by atoms with E-state index in [2.05, 4.69) is 0 Å². The average Bonchev–Trinajstić information content (AvgIpc) is 2.89. The lowest BCUT2D eigenvalue weighted by Gasteiger charge is -2.39. The highest BCUT2D eigenvalue weighted by Crippen LogP contribution is 2.43. The molecular formula is C21H25NO5. The van der Waals surface area contributed by atoms with Crippen molar-refractivity contribution in [3.63, 3.8) is 0 Å². The Bertz CT molecular complexity index is 787. The predicted octanol–water partition coefficient (Wildman–Crippen LogP) is 3.08. The van der Waals surface area contributed by atoms with Gasteiger partial charge in [0.25, 0.3) is 0 Å². The molecule has 3 rings (SSSR count). The molecule has 1 saturated heterocycles. The zero-order valence-electron chi connectivity index (χ0n) is 16.1. The number of hydrogen-bond donors (Lipinski definition) is 0. The monoisotopic (exact) mass is 371 g/mol. The summed E-state index contributed by atoms with van der Waals surface area (Å²) in [6.07, 6.45) is 1.09. The van der Waals surface area contributed by atoms with Gasteiger partial charge in [-0.25, -0.2) is 4.79 Å². The number of hydrogen-bond acceptors (Lipinski definition) is 5. The Morgan fingerprint density at radius 2 is 1.96 bits per heavy atom. The van der Waals surface area contributed by atoms with Crippen molar-refractivity contribution in [3.05, 3.63) is 47.7 Å². The van der Waals surface area contributed by atoms with Gasteiger partial charge in [-0.05, 0) is 32.4 Å². The summed E-state index contributed by atoms with van der Waals surface area (Å²) in [6, 6.07) is 8.74. The predicted molar refractivity (Wildman–Crippen MR) is 98.6 cm³/mol. The van der Waals surface area contributed by atoms with E-state index in [1.165, 1.54) is 11.1 Å². The quantitative estimate of drug-likeness (QED) is 0.601. The van der Waals surface area contributed by atoms with Crippen molar-refractivity contribution in [2.24, 2.45) is 5.92 Å². The fraction of sp³-hybridized carbons (Fsp3) is 0.476. The van der Waals surface area contributed by atoms with Gasteiger partial charge in [-0.1, -0.05) is 32.0 Å². The molecule has 1 aromatic carbocycles. The molecule has 144 valence electrons. The van der Waals surface area contributed by atoms with Crippen molar-refractivity contribution in [1.82, 2.24) is 4.90 Å². The lowest BCUT2D eigenvalue weighted by atomic mass is 9.85. The van der Waals surface area contributed by atoms with Gasteiger partial charge >= 0.3 is 5.97 Å². The largest absolute Gasteiger partial charge is 0.451 e. The number of ether oxygens (including phenoxy) is 2. The minimum Gasteiger partial charge on any atom is -0.451 e. The van der Waals surface area contributed by atoms with Gasteiger partial charge in [-0.2, -0.15) is 0 Å². The number of ketones is 1. The standard InChI is InChI=1S/C21H25NO5/c1-5-17-14(3)21(4,27-19(25)15-9-7-6-8-10-15)20(26-17)22-12-13(2)16(23)11-18(22)24/h6-10,12,14,17,20H,5,11H2,1-4H3/t14-,17-,20-,21-/m1/s1. The molecule has 0 N–H and O–H groups in total. The molecule has 0 aromatic heterocycles. The third-order valence-electron chi connectivity index (χ3n) is 5.61. The van der Waals surface area contributed by atoms with E-state index in [0.29, 0.717) is 11.1 Å². The van der Waals surface area contributed by atoms with Crippen LogP contribution in [0.2, 0.25) is 0 Å². The Hall–Kier alpha value is -2.47. The van der Waals surface area contributed by atoms with E-state index in [4.69, 9.17) is 9.47 Å². The van der Waals surface area contributed by atoms with E-state index in [9.17, 15) is 14.4 Å². The molecule has 2 aliphatic heterocycles. The molecule has 1 fully saturated rings. The van der Waals surface area contributed by atoms with E-state index in [-0.39, 0.29) is 30.1 Å². The number of benzene rings is 1. The topological polar surface area (TPSA) is 72.9 Å². The highest BCUT2D eigenvalue weighted by molar-refractivity contribution is 6.09. The summed E-state index contributed by atoms with van der Waals surface area (Å²) < 4.78 is 12.1. The molecular weight excluding hydrogens is 346 g/mol. The van der Waals surface area contributed by atoms with Gasteiger partial charge in [0.05, 0.1) is 18.1 Å². The van der Waals surface area contributed by atoms with E-state index >= 15 is 0 Å². The molecule has 1 amide bonds. The summed E-state index contributed by atoms with van der Waals surface area (Å²) in [5.41, 5.74) is -0.112. The molecule has 27 heavy (non-hydrogen) atoms. The second-order valence-corrected chi connectivity index (χ2v) is 7.38. The van der Waals surface area contributed by atoms with Crippen LogP contribution in [0.5, 0.6) is 0 Å². The maximum Gasteiger partial charge on any atom is 0.338 e. The molecule has 0 saturated carbocycles. The van der Waals surface area contributed by atoms with Crippen LogP contribution in [0.15, 0.2) is 42.1 Å². The van der Waals surface area contributed by atoms with Gasteiger partial charge in [0, 0.05) is 17.7 Å². The number of amides is 1. The fourth-order valence-electron chi connectivity index (χ4n) is 3.70. The number of allylic oxidation sites excluding steroid dienone is 1. The second kappa shape index (κ2) is 7.27. The van der Waals surface area contributed by atoms with Crippen LogP contribution in [0, 0.1) is 5.92 Å². The van der Waals surface area contributed by atoms with Gasteiger partial charge in [0.15, 0.2) is 17.6 Å². The summed E-state index contributed by atoms with van der Waals surface area (Å²) in [7, 11) is 0. The summed E-state index contributed by atoms with van der Waals surface area (Å²) >= 11 is 0. The lowest BCUT2D eigenvalue weighted by Crippen LogP contribution is -2.54. The highest BCUT2D eigenvalue weighted by Gasteiger charge is 2.57. The summed E-state index contributed by atoms with van der Waals surface area (Å²) in [4.78, 5) is 38.5. The molecule has 1 aromatic rings. The Morgan fingerprint density at radius 1 is 1.30 bits per heavy atom. The van der Waals surface area contributed by atoms with Crippen molar-refractivity contribution >= 4 is 17.7 Å². The van der Waals surface area contributed by atoms with Crippen molar-refractivity contribution in [1.29, 1.82) is 0 Å². The van der Waals surface area contributed by atoms with Crippen LogP contribution in [-0.2, 0) is 19.1 Å². The first-order valence-corrected chi connectivity index (χ1v) is 9.24. The molecule has 0 aliphatic carbocycles. The third kappa shape index (κ3) is 3.41. The van der Waals surface area contributed by atoms with Crippen molar-refractivity contribution < 1.29 is 23.9 Å². The first-order chi connectivity index (χ1) is 12.8. The number of esters is 1. The molecule has 2 aliphatic rings. The molecule has 6 heteroatoms. The number of Topliss-reactive ketones (excluding diaryl/α,β-unsaturated/α-hetero) is 1. The van der Waals surface area contributed by atoms with Crippen molar-refractivity contribution in [2.75, 3.05) is 0 Å². The number of nitrogens with zero attached hydrogens (tertiary/aromatic N) is 1. The van der Waals surface area contributed by atoms with Crippen LogP contribution in [0.1, 0.15) is 50.9 Å². The molecule has 2 heterocycles. The summed E-state index contributed by atoms with van der Waals surface area (Å²) in [5.74, 6) is -1.13. The number of carbonyl (C=O) groups is 3. The Kier molecular flexibility index (Phi) is 5.20. The normalized spacial score (nSPS) is 31.0. The Balaban J connectivity index is 1.95. The van der Waals surface area contributed by atoms with Crippen LogP contribution in [0.4, 0.5) is 0 Å². The fourth-order valence-corrected chi connectivity index (χ4v) is 3.70. The van der Waals surface area contributed by atoms with Gasteiger partial charge in [-0.15, -0.1) is 0 Å². The molecule has 0 spiro atoms. The van der Waals surface area contributed by atoms with Crippen LogP contribution >= 0.6 is 0 Å². The average molecular weight is 371 g/mol. The van der Waals surface area contributed by atoms with Crippen molar-refractivity contribution in [3.8, 4) is 0 Å². The first kappa shape index (κ1) is 19.3. The van der Waals surface area contributed by atoms with E-state index in [0.717, 1.165) is 6.42 Å². The molecule has 4 atom stereocenters. The molecule has 0 radical (unpaired) electrons. The highest BCUT2D eigenvalue weighted by atomic mass is 16.6. The first-order valence-electron chi connectivity index (χ1n) is 9.24. The van der Waals surface area contributed by atoms with E-state index < -0.39 is 17.8 Å². The zero-order valence-corrected chi connectivity index (χ0v) is 16.1. The molecule has 0 unspecified atom stereocenters. The van der Waals surface area contributed by atoms with Crippen LogP contribution in [-0.4, -0.2) is 40.5 Å². The Morgan fingerprint density at radius 3 is 2.59 bits per heavy atom. The number of carbonyl (C=O) groups excluding carboxylic acids is 3. The van der Waals surface area contributed by atoms with Gasteiger partial charge in [0.1, 0.15) is 0 Å². The SMILES string of the molecule is CC[C@H]1O[C@@H](N2C=C(C)C(=O)CC2=O)[C@](C)(OC(=O)c2ccccc2)[C@@H]1C. The lowest BCUT2D eigenvalue weighted by molar-refractivity contribution is -0.157. The summed E-state index contributed by atoms with van der Waals surface area (Å²) in [5, 5.41) is 0. The summed E-state index contributed by atoms with van der Waals surface area (Å²) in [6.45, 7) is 7.42. The van der Waals surface area contributed by atoms with Crippen LogP contribution < -0.4 is 0 Å². The second-order valence-electron chi connectivity index (χ2n) is 7.38. The minimum atomic E-state index is -1.04. The number of rotatable bonds is 4. The van der Waals surface area contributed by atoms with Crippen LogP contribution in [0.25, 0.3) is 0 Å². The molecule has 6 nitrogen and oxygen atoms in total.